The molecule has 0 bridgehead atoms. The number of hydrogen-bond donors (Lipinski definition) is 1. The van der Waals surface area contributed by atoms with Crippen molar-refractivity contribution in [1.29, 1.82) is 0 Å². The second kappa shape index (κ2) is 6.36. The van der Waals surface area contributed by atoms with Crippen LogP contribution in [0, 0.1) is 5.92 Å². The molecule has 1 aliphatic carbocycles. The van der Waals surface area contributed by atoms with E-state index in [0.29, 0.717) is 18.7 Å². The number of nitrogens with zero attached hydrogens (tertiary/aromatic N) is 1. The van der Waals surface area contributed by atoms with Crippen LogP contribution in [0.2, 0.25) is 10.3 Å². The largest absolute Gasteiger partial charge is 0.379 e. The maximum Gasteiger partial charge on any atom is 0.254 e. The molecule has 1 fully saturated rings. The molecule has 1 amide bonds. The molecular formula is C12H14Cl2N2O2. The zero-order valence-corrected chi connectivity index (χ0v) is 11.3. The SMILES string of the molecule is O=C(NCCOCC1CC1)c1ccc(Cl)nc1Cl. The first kappa shape index (κ1) is 13.6. The van der Waals surface area contributed by atoms with E-state index in [2.05, 4.69) is 10.3 Å². The Labute approximate surface area is 116 Å². The van der Waals surface area contributed by atoms with Crippen molar-refractivity contribution in [3.05, 3.63) is 28.0 Å². The summed E-state index contributed by atoms with van der Waals surface area (Å²) in [6.45, 7) is 1.77. The molecule has 4 nitrogen and oxygen atoms in total. The van der Waals surface area contributed by atoms with Gasteiger partial charge in [-0.1, -0.05) is 23.2 Å². The molecule has 0 atom stereocenters. The molecule has 1 heterocycles. The van der Waals surface area contributed by atoms with Gasteiger partial charge in [-0.3, -0.25) is 4.79 Å². The molecular weight excluding hydrogens is 275 g/mol. The Bertz CT molecular complexity index is 436. The average molecular weight is 289 g/mol. The van der Waals surface area contributed by atoms with Crippen LogP contribution in [0.1, 0.15) is 23.2 Å². The Morgan fingerprint density at radius 1 is 1.44 bits per heavy atom. The quantitative estimate of drug-likeness (QED) is 0.647. The summed E-state index contributed by atoms with van der Waals surface area (Å²) in [6, 6.07) is 3.09. The van der Waals surface area contributed by atoms with E-state index >= 15 is 0 Å². The topological polar surface area (TPSA) is 51.2 Å². The highest BCUT2D eigenvalue weighted by Crippen LogP contribution is 2.28. The lowest BCUT2D eigenvalue weighted by Crippen LogP contribution is -2.27. The lowest BCUT2D eigenvalue weighted by atomic mass is 10.2. The van der Waals surface area contributed by atoms with Crippen LogP contribution in [-0.4, -0.2) is 30.6 Å². The Morgan fingerprint density at radius 3 is 2.89 bits per heavy atom. The number of ether oxygens (including phenoxy) is 1. The van der Waals surface area contributed by atoms with Crippen molar-refractivity contribution in [1.82, 2.24) is 10.3 Å². The predicted octanol–water partition coefficient (Wildman–Crippen LogP) is 2.54. The third-order valence-electron chi connectivity index (χ3n) is 2.64. The average Bonchev–Trinajstić information content (AvgIpc) is 3.12. The van der Waals surface area contributed by atoms with E-state index in [4.69, 9.17) is 27.9 Å². The first-order valence-corrected chi connectivity index (χ1v) is 6.60. The molecule has 1 aliphatic rings. The van der Waals surface area contributed by atoms with Gasteiger partial charge in [0.25, 0.3) is 5.91 Å². The van der Waals surface area contributed by atoms with Gasteiger partial charge in [-0.2, -0.15) is 0 Å². The van der Waals surface area contributed by atoms with Crippen LogP contribution in [0.4, 0.5) is 0 Å². The Balaban J connectivity index is 1.72. The fourth-order valence-electron chi connectivity index (χ4n) is 1.45. The van der Waals surface area contributed by atoms with Crippen molar-refractivity contribution >= 4 is 29.1 Å². The zero-order valence-electron chi connectivity index (χ0n) is 9.79. The second-order valence-corrected chi connectivity index (χ2v) is 4.99. The monoisotopic (exact) mass is 288 g/mol. The van der Waals surface area contributed by atoms with Gasteiger partial charge < -0.3 is 10.1 Å². The molecule has 0 aromatic carbocycles. The number of amides is 1. The summed E-state index contributed by atoms with van der Waals surface area (Å²) < 4.78 is 5.41. The van der Waals surface area contributed by atoms with E-state index < -0.39 is 0 Å². The third kappa shape index (κ3) is 4.12. The highest BCUT2D eigenvalue weighted by atomic mass is 35.5. The van der Waals surface area contributed by atoms with Crippen LogP contribution < -0.4 is 5.32 Å². The van der Waals surface area contributed by atoms with Gasteiger partial charge in [-0.15, -0.1) is 0 Å². The van der Waals surface area contributed by atoms with E-state index in [1.165, 1.54) is 18.9 Å². The molecule has 0 aliphatic heterocycles. The first-order valence-electron chi connectivity index (χ1n) is 5.85. The lowest BCUT2D eigenvalue weighted by Gasteiger charge is -2.07. The van der Waals surface area contributed by atoms with Crippen molar-refractivity contribution in [3.8, 4) is 0 Å². The van der Waals surface area contributed by atoms with E-state index in [1.54, 1.807) is 6.07 Å². The van der Waals surface area contributed by atoms with Gasteiger partial charge >= 0.3 is 0 Å². The van der Waals surface area contributed by atoms with Gasteiger partial charge in [0.2, 0.25) is 0 Å². The van der Waals surface area contributed by atoms with Crippen molar-refractivity contribution in [2.24, 2.45) is 5.92 Å². The molecule has 18 heavy (non-hydrogen) atoms. The van der Waals surface area contributed by atoms with Crippen LogP contribution in [0.5, 0.6) is 0 Å². The van der Waals surface area contributed by atoms with E-state index in [9.17, 15) is 4.79 Å². The maximum absolute atomic E-state index is 11.8. The number of carbonyl (C=O) groups excluding carboxylic acids is 1. The minimum absolute atomic E-state index is 0.110. The predicted molar refractivity (Wildman–Crippen MR) is 70.1 cm³/mol. The maximum atomic E-state index is 11.8. The molecule has 0 spiro atoms. The number of carbonyl (C=O) groups is 1. The van der Waals surface area contributed by atoms with Gasteiger partial charge in [0.1, 0.15) is 10.3 Å². The van der Waals surface area contributed by atoms with Gasteiger partial charge in [0.05, 0.1) is 12.2 Å². The summed E-state index contributed by atoms with van der Waals surface area (Å²) in [5.74, 6) is 0.467. The molecule has 0 unspecified atom stereocenters. The molecule has 0 radical (unpaired) electrons. The van der Waals surface area contributed by atoms with Crippen LogP contribution in [0.25, 0.3) is 0 Å². The van der Waals surface area contributed by atoms with Crippen LogP contribution in [-0.2, 0) is 4.74 Å². The van der Waals surface area contributed by atoms with Crippen molar-refractivity contribution in [2.75, 3.05) is 19.8 Å². The Morgan fingerprint density at radius 2 is 2.22 bits per heavy atom. The second-order valence-electron chi connectivity index (χ2n) is 4.25. The van der Waals surface area contributed by atoms with Gasteiger partial charge in [-0.25, -0.2) is 4.98 Å². The van der Waals surface area contributed by atoms with E-state index in [0.717, 1.165) is 12.5 Å². The molecule has 0 saturated heterocycles. The number of hydrogen-bond acceptors (Lipinski definition) is 3. The molecule has 1 saturated carbocycles. The molecule has 1 aromatic heterocycles. The molecule has 1 N–H and O–H groups in total. The first-order chi connectivity index (χ1) is 8.66. The van der Waals surface area contributed by atoms with E-state index in [1.807, 2.05) is 0 Å². The third-order valence-corrected chi connectivity index (χ3v) is 3.14. The summed E-state index contributed by atoms with van der Waals surface area (Å²) in [4.78, 5) is 15.6. The molecule has 6 heteroatoms. The van der Waals surface area contributed by atoms with Crippen LogP contribution in [0.15, 0.2) is 12.1 Å². The fraction of sp³-hybridized carbons (Fsp3) is 0.500. The minimum atomic E-state index is -0.265. The van der Waals surface area contributed by atoms with Crippen LogP contribution >= 0.6 is 23.2 Å². The highest BCUT2D eigenvalue weighted by Gasteiger charge is 2.20. The Kier molecular flexibility index (Phi) is 4.80. The van der Waals surface area contributed by atoms with Crippen molar-refractivity contribution in [2.45, 2.75) is 12.8 Å². The fourth-order valence-corrected chi connectivity index (χ4v) is 1.88. The van der Waals surface area contributed by atoms with E-state index in [-0.39, 0.29) is 16.2 Å². The van der Waals surface area contributed by atoms with Crippen LogP contribution in [0.3, 0.4) is 0 Å². The summed E-state index contributed by atoms with van der Waals surface area (Å²) in [6.07, 6.45) is 2.52. The van der Waals surface area contributed by atoms with Crippen molar-refractivity contribution in [3.63, 3.8) is 0 Å². The summed E-state index contributed by atoms with van der Waals surface area (Å²) in [5, 5.41) is 3.10. The highest BCUT2D eigenvalue weighted by molar-refractivity contribution is 6.34. The smallest absolute Gasteiger partial charge is 0.254 e. The Hall–Kier alpha value is -0.840. The number of aromatic nitrogens is 1. The summed E-state index contributed by atoms with van der Waals surface area (Å²) in [7, 11) is 0. The minimum Gasteiger partial charge on any atom is -0.379 e. The molecule has 1 aromatic rings. The summed E-state index contributed by atoms with van der Waals surface area (Å²) >= 11 is 11.5. The molecule has 2 rings (SSSR count). The normalized spacial score (nSPS) is 14.6. The lowest BCUT2D eigenvalue weighted by molar-refractivity contribution is 0.0906. The van der Waals surface area contributed by atoms with Gasteiger partial charge in [0, 0.05) is 13.2 Å². The number of halogens is 2. The summed E-state index contributed by atoms with van der Waals surface area (Å²) in [5.41, 5.74) is 0.322. The van der Waals surface area contributed by atoms with Crippen molar-refractivity contribution < 1.29 is 9.53 Å². The number of nitrogens with one attached hydrogen (secondary N) is 1. The standard InChI is InChI=1S/C12H14Cl2N2O2/c13-10-4-3-9(11(14)16-10)12(17)15-5-6-18-7-8-1-2-8/h3-4,8H,1-2,5-7H2,(H,15,17). The van der Waals surface area contributed by atoms with Gasteiger partial charge in [0.15, 0.2) is 0 Å². The molecule has 98 valence electrons. The van der Waals surface area contributed by atoms with Gasteiger partial charge in [-0.05, 0) is 30.9 Å². The number of rotatable bonds is 6. The zero-order chi connectivity index (χ0) is 13.0. The number of pyridine rings is 1.